The van der Waals surface area contributed by atoms with Crippen LogP contribution in [0.1, 0.15) is 113 Å². The summed E-state index contributed by atoms with van der Waals surface area (Å²) in [5.41, 5.74) is 5.00. The van der Waals surface area contributed by atoms with Crippen LogP contribution < -0.4 is 0 Å². The summed E-state index contributed by atoms with van der Waals surface area (Å²) in [5, 5.41) is 21.0. The number of hydrogen-bond acceptors (Lipinski definition) is 2. The van der Waals surface area contributed by atoms with Gasteiger partial charge in [0.15, 0.2) is 0 Å². The van der Waals surface area contributed by atoms with Gasteiger partial charge in [0.25, 0.3) is 0 Å². The summed E-state index contributed by atoms with van der Waals surface area (Å²) in [4.78, 5) is 12.5. The Morgan fingerprint density at radius 1 is 1.00 bits per heavy atom. The van der Waals surface area contributed by atoms with Gasteiger partial charge in [-0.2, -0.15) is 0 Å². The maximum Gasteiger partial charge on any atom is 0.306 e. The molecule has 0 bridgehead atoms. The largest absolute Gasteiger partial charge is 0.481 e. The SMILES string of the molecule is CC(C)=CCC[C@@H](C(=O)O)[C@H]1CC[C@]2(C)C3=C(CC[C@@]12C)[C@@]1(C)CC[C@@H](O)C(C)(C)[C@@H]1CC3. The average molecular weight is 457 g/mol. The van der Waals surface area contributed by atoms with Crippen LogP contribution in [0.25, 0.3) is 0 Å². The molecule has 186 valence electrons. The molecule has 0 heterocycles. The van der Waals surface area contributed by atoms with Crippen molar-refractivity contribution in [3.8, 4) is 0 Å². The lowest BCUT2D eigenvalue weighted by molar-refractivity contribution is -0.146. The molecule has 3 nitrogen and oxygen atoms in total. The molecule has 0 aromatic heterocycles. The van der Waals surface area contributed by atoms with E-state index in [1.807, 2.05) is 0 Å². The zero-order valence-corrected chi connectivity index (χ0v) is 22.3. The molecule has 3 heteroatoms. The number of hydrogen-bond donors (Lipinski definition) is 2. The van der Waals surface area contributed by atoms with Crippen LogP contribution in [0.5, 0.6) is 0 Å². The minimum absolute atomic E-state index is 0.0370. The summed E-state index contributed by atoms with van der Waals surface area (Å²) >= 11 is 0. The maximum atomic E-state index is 12.5. The van der Waals surface area contributed by atoms with Crippen LogP contribution in [0, 0.1) is 39.4 Å². The molecule has 4 rings (SSSR count). The van der Waals surface area contributed by atoms with Crippen LogP contribution in [-0.2, 0) is 4.79 Å². The first-order chi connectivity index (χ1) is 15.3. The second-order valence-corrected chi connectivity index (χ2v) is 13.5. The third-order valence-electron chi connectivity index (χ3n) is 11.6. The first-order valence-corrected chi connectivity index (χ1v) is 13.6. The molecule has 4 aliphatic rings. The Labute approximate surface area is 202 Å². The second-order valence-electron chi connectivity index (χ2n) is 13.5. The zero-order valence-electron chi connectivity index (χ0n) is 22.3. The molecule has 0 aromatic carbocycles. The van der Waals surface area contributed by atoms with E-state index in [-0.39, 0.29) is 39.6 Å². The van der Waals surface area contributed by atoms with Crippen LogP contribution >= 0.6 is 0 Å². The standard InChI is InChI=1S/C30H48O3/c1-19(2)9-8-10-20(26(32)33)21-13-17-30(7)23-11-12-24-27(3,4)25(31)15-16-28(24,5)22(23)14-18-29(21,30)6/h9,20-21,24-25,31H,8,10-18H2,1-7H3,(H,32,33)/t20-,21-,24+,25-,28-,29+,30-/m1/s1. The predicted molar refractivity (Wildman–Crippen MR) is 135 cm³/mol. The number of carboxylic acids is 1. The predicted octanol–water partition coefficient (Wildman–Crippen LogP) is 7.54. The van der Waals surface area contributed by atoms with Crippen LogP contribution in [0.15, 0.2) is 22.8 Å². The Bertz CT molecular complexity index is 862. The lowest BCUT2D eigenvalue weighted by atomic mass is 9.43. The summed E-state index contributed by atoms with van der Waals surface area (Å²) in [5.74, 6) is -0.0420. The second kappa shape index (κ2) is 8.25. The summed E-state index contributed by atoms with van der Waals surface area (Å²) in [6, 6.07) is 0. The Balaban J connectivity index is 1.69. The van der Waals surface area contributed by atoms with E-state index in [0.29, 0.717) is 5.92 Å². The molecular formula is C30H48O3. The van der Waals surface area contributed by atoms with E-state index in [0.717, 1.165) is 57.8 Å². The quantitative estimate of drug-likeness (QED) is 0.420. The minimum atomic E-state index is -0.592. The van der Waals surface area contributed by atoms with E-state index in [9.17, 15) is 15.0 Å². The van der Waals surface area contributed by atoms with Crippen molar-refractivity contribution >= 4 is 5.97 Å². The number of allylic oxidation sites excluding steroid dienone is 4. The van der Waals surface area contributed by atoms with Crippen molar-refractivity contribution in [3.63, 3.8) is 0 Å². The fourth-order valence-electron chi connectivity index (χ4n) is 9.41. The van der Waals surface area contributed by atoms with E-state index in [1.165, 1.54) is 12.0 Å². The van der Waals surface area contributed by atoms with Gasteiger partial charge in [0.05, 0.1) is 12.0 Å². The van der Waals surface area contributed by atoms with Gasteiger partial charge in [0, 0.05) is 0 Å². The van der Waals surface area contributed by atoms with E-state index < -0.39 is 5.97 Å². The van der Waals surface area contributed by atoms with Crippen LogP contribution in [0.4, 0.5) is 0 Å². The lowest BCUT2D eigenvalue weighted by Crippen LogP contribution is -2.55. The minimum Gasteiger partial charge on any atom is -0.481 e. The van der Waals surface area contributed by atoms with Gasteiger partial charge >= 0.3 is 5.97 Å². The highest BCUT2D eigenvalue weighted by Gasteiger charge is 2.64. The van der Waals surface area contributed by atoms with Gasteiger partial charge in [-0.25, -0.2) is 0 Å². The normalized spacial score (nSPS) is 42.7. The monoisotopic (exact) mass is 456 g/mol. The van der Waals surface area contributed by atoms with Gasteiger partial charge in [0.1, 0.15) is 0 Å². The van der Waals surface area contributed by atoms with Crippen molar-refractivity contribution in [2.24, 2.45) is 39.4 Å². The number of fused-ring (bicyclic) bond motifs is 4. The van der Waals surface area contributed by atoms with Crippen molar-refractivity contribution in [1.82, 2.24) is 0 Å². The molecule has 33 heavy (non-hydrogen) atoms. The van der Waals surface area contributed by atoms with Crippen molar-refractivity contribution in [1.29, 1.82) is 0 Å². The number of aliphatic hydroxyl groups excluding tert-OH is 1. The summed E-state index contributed by atoms with van der Waals surface area (Å²) < 4.78 is 0. The molecule has 4 aliphatic carbocycles. The Morgan fingerprint density at radius 3 is 2.33 bits per heavy atom. The van der Waals surface area contributed by atoms with Gasteiger partial charge < -0.3 is 10.2 Å². The van der Waals surface area contributed by atoms with Crippen LogP contribution in [0.3, 0.4) is 0 Å². The van der Waals surface area contributed by atoms with Gasteiger partial charge in [0.2, 0.25) is 0 Å². The fraction of sp³-hybridized carbons (Fsp3) is 0.833. The van der Waals surface area contributed by atoms with E-state index in [4.69, 9.17) is 0 Å². The number of aliphatic hydroxyl groups is 1. The highest BCUT2D eigenvalue weighted by Crippen LogP contribution is 2.72. The summed E-state index contributed by atoms with van der Waals surface area (Å²) in [7, 11) is 0. The smallest absolute Gasteiger partial charge is 0.306 e. The molecule has 0 aromatic rings. The van der Waals surface area contributed by atoms with E-state index in [2.05, 4.69) is 54.5 Å². The first-order valence-electron chi connectivity index (χ1n) is 13.6. The van der Waals surface area contributed by atoms with Crippen molar-refractivity contribution in [2.75, 3.05) is 0 Å². The number of aliphatic carboxylic acids is 1. The molecule has 7 atom stereocenters. The molecule has 2 saturated carbocycles. The van der Waals surface area contributed by atoms with Crippen molar-refractivity contribution in [2.45, 2.75) is 119 Å². The zero-order chi connectivity index (χ0) is 24.4. The molecule has 2 fully saturated rings. The first kappa shape index (κ1) is 25.0. The van der Waals surface area contributed by atoms with E-state index >= 15 is 0 Å². The molecule has 0 aliphatic heterocycles. The Hall–Kier alpha value is -1.09. The molecule has 0 unspecified atom stereocenters. The van der Waals surface area contributed by atoms with Gasteiger partial charge in [-0.1, -0.05) is 57.4 Å². The fourth-order valence-corrected chi connectivity index (χ4v) is 9.41. The molecule has 0 amide bonds. The summed E-state index contributed by atoms with van der Waals surface area (Å²) in [6.07, 6.45) is 12.3. The maximum absolute atomic E-state index is 12.5. The molecule has 0 radical (unpaired) electrons. The van der Waals surface area contributed by atoms with Gasteiger partial charge in [-0.15, -0.1) is 0 Å². The molecular weight excluding hydrogens is 408 g/mol. The van der Waals surface area contributed by atoms with E-state index in [1.54, 1.807) is 11.1 Å². The highest BCUT2D eigenvalue weighted by molar-refractivity contribution is 5.70. The highest BCUT2D eigenvalue weighted by atomic mass is 16.4. The van der Waals surface area contributed by atoms with Crippen LogP contribution in [0.2, 0.25) is 0 Å². The topological polar surface area (TPSA) is 57.5 Å². The Kier molecular flexibility index (Phi) is 6.25. The average Bonchev–Trinajstić information content (AvgIpc) is 3.00. The number of rotatable bonds is 5. The molecule has 0 spiro atoms. The molecule has 0 saturated heterocycles. The number of carboxylic acid groups (broad SMARTS) is 1. The number of carbonyl (C=O) groups is 1. The summed E-state index contributed by atoms with van der Waals surface area (Å²) in [6.45, 7) is 16.2. The van der Waals surface area contributed by atoms with Gasteiger partial charge in [-0.3, -0.25) is 4.79 Å². The van der Waals surface area contributed by atoms with Crippen molar-refractivity contribution < 1.29 is 15.0 Å². The van der Waals surface area contributed by atoms with Gasteiger partial charge in [-0.05, 0) is 112 Å². The molecule has 2 N–H and O–H groups in total. The lowest BCUT2D eigenvalue weighted by Gasteiger charge is -2.62. The van der Waals surface area contributed by atoms with Crippen molar-refractivity contribution in [3.05, 3.63) is 22.8 Å². The third kappa shape index (κ3) is 3.58. The van der Waals surface area contributed by atoms with Crippen LogP contribution in [-0.4, -0.2) is 22.3 Å². The Morgan fingerprint density at radius 2 is 1.70 bits per heavy atom. The third-order valence-corrected chi connectivity index (χ3v) is 11.6.